The Hall–Kier alpha value is -2.25. The molecule has 0 spiro atoms. The van der Waals surface area contributed by atoms with Gasteiger partial charge < -0.3 is 10.1 Å². The van der Waals surface area contributed by atoms with Gasteiger partial charge in [0.25, 0.3) is 0 Å². The third-order valence-electron chi connectivity index (χ3n) is 3.99. The van der Waals surface area contributed by atoms with Gasteiger partial charge in [0.05, 0.1) is 19.7 Å². The normalized spacial score (nSPS) is 16.3. The van der Waals surface area contributed by atoms with Crippen LogP contribution in [-0.4, -0.2) is 43.6 Å². The summed E-state index contributed by atoms with van der Waals surface area (Å²) >= 11 is 0. The second kappa shape index (κ2) is 7.67. The van der Waals surface area contributed by atoms with Gasteiger partial charge in [-0.15, -0.1) is 6.42 Å². The van der Waals surface area contributed by atoms with Crippen molar-refractivity contribution >= 4 is 11.5 Å². The fourth-order valence-electron chi connectivity index (χ4n) is 2.56. The number of carbonyl (C=O) groups excluding carboxylic acids is 1. The lowest BCUT2D eigenvalue weighted by atomic mass is 9.98. The zero-order valence-corrected chi connectivity index (χ0v) is 13.1. The van der Waals surface area contributed by atoms with Gasteiger partial charge in [-0.05, 0) is 36.6 Å². The minimum atomic E-state index is -0.165. The van der Waals surface area contributed by atoms with Crippen molar-refractivity contribution in [1.82, 2.24) is 10.2 Å². The molecule has 4 heteroatoms. The molecule has 0 saturated heterocycles. The number of methoxy groups -OCH3 is 1. The maximum Gasteiger partial charge on any atom is 0.237 e. The quantitative estimate of drug-likeness (QED) is 0.845. The number of rotatable bonds is 5. The van der Waals surface area contributed by atoms with E-state index in [0.29, 0.717) is 0 Å². The Morgan fingerprint density at radius 2 is 2.18 bits per heavy atom. The number of nitrogens with zero attached hydrogens (tertiary/aromatic N) is 1. The lowest BCUT2D eigenvalue weighted by Gasteiger charge is -2.31. The number of benzene rings is 1. The Bertz CT molecular complexity index is 584. The molecule has 1 atom stereocenters. The molecule has 0 radical (unpaired) electrons. The second-order valence-electron chi connectivity index (χ2n) is 5.30. The van der Waals surface area contributed by atoms with Gasteiger partial charge in [-0.2, -0.15) is 0 Å². The number of carbonyl (C=O) groups is 1. The second-order valence-corrected chi connectivity index (χ2v) is 5.30. The van der Waals surface area contributed by atoms with E-state index in [0.717, 1.165) is 25.3 Å². The number of hydrogen-bond acceptors (Lipinski definition) is 3. The van der Waals surface area contributed by atoms with Crippen LogP contribution in [0.25, 0.3) is 5.57 Å². The van der Waals surface area contributed by atoms with E-state index in [1.54, 1.807) is 7.11 Å². The predicted molar refractivity (Wildman–Crippen MR) is 88.5 cm³/mol. The van der Waals surface area contributed by atoms with Gasteiger partial charge >= 0.3 is 0 Å². The monoisotopic (exact) mass is 298 g/mol. The van der Waals surface area contributed by atoms with Gasteiger partial charge in [-0.25, -0.2) is 0 Å². The van der Waals surface area contributed by atoms with Crippen molar-refractivity contribution in [3.05, 3.63) is 35.9 Å². The van der Waals surface area contributed by atoms with Crippen molar-refractivity contribution in [2.24, 2.45) is 0 Å². The minimum absolute atomic E-state index is 0.0146. The van der Waals surface area contributed by atoms with Crippen LogP contribution in [0.3, 0.4) is 0 Å². The van der Waals surface area contributed by atoms with E-state index >= 15 is 0 Å². The molecule has 1 heterocycles. The van der Waals surface area contributed by atoms with Crippen LogP contribution in [0, 0.1) is 12.3 Å². The molecule has 0 aliphatic carbocycles. The summed E-state index contributed by atoms with van der Waals surface area (Å²) < 4.78 is 5.18. The molecule has 1 aliphatic heterocycles. The molecule has 0 fully saturated rings. The maximum absolute atomic E-state index is 11.9. The summed E-state index contributed by atoms with van der Waals surface area (Å²) in [4.78, 5) is 14.1. The zero-order valence-electron chi connectivity index (χ0n) is 13.1. The first-order valence-corrected chi connectivity index (χ1v) is 7.44. The maximum atomic E-state index is 11.9. The van der Waals surface area contributed by atoms with Crippen molar-refractivity contribution < 1.29 is 9.53 Å². The van der Waals surface area contributed by atoms with Gasteiger partial charge in [0, 0.05) is 13.1 Å². The molecule has 1 aromatic carbocycles. The molecule has 1 N–H and O–H groups in total. The van der Waals surface area contributed by atoms with E-state index in [9.17, 15) is 4.79 Å². The average molecular weight is 298 g/mol. The molecular weight excluding hydrogens is 276 g/mol. The zero-order chi connectivity index (χ0) is 15.9. The van der Waals surface area contributed by atoms with Crippen LogP contribution in [0.4, 0.5) is 0 Å². The first kappa shape index (κ1) is 16.1. The van der Waals surface area contributed by atoms with Crippen molar-refractivity contribution in [1.29, 1.82) is 0 Å². The predicted octanol–water partition coefficient (Wildman–Crippen LogP) is 1.92. The molecule has 4 nitrogen and oxygen atoms in total. The average Bonchev–Trinajstić information content (AvgIpc) is 2.59. The van der Waals surface area contributed by atoms with Crippen molar-refractivity contribution in [2.75, 3.05) is 26.7 Å². The van der Waals surface area contributed by atoms with Crippen LogP contribution in [0.2, 0.25) is 0 Å². The van der Waals surface area contributed by atoms with Gasteiger partial charge in [-0.1, -0.05) is 24.1 Å². The lowest BCUT2D eigenvalue weighted by molar-refractivity contribution is -0.125. The summed E-state index contributed by atoms with van der Waals surface area (Å²) in [6.07, 6.45) is 8.28. The number of terminal acetylenes is 1. The van der Waals surface area contributed by atoms with Gasteiger partial charge in [0.15, 0.2) is 0 Å². The highest BCUT2D eigenvalue weighted by Crippen LogP contribution is 2.25. The van der Waals surface area contributed by atoms with Crippen molar-refractivity contribution in [2.45, 2.75) is 19.4 Å². The highest BCUT2D eigenvalue weighted by molar-refractivity contribution is 5.81. The van der Waals surface area contributed by atoms with Crippen molar-refractivity contribution in [3.8, 4) is 18.1 Å². The van der Waals surface area contributed by atoms with Gasteiger partial charge in [0.1, 0.15) is 5.75 Å². The Labute approximate surface area is 132 Å². The summed E-state index contributed by atoms with van der Waals surface area (Å²) in [6, 6.07) is 7.92. The van der Waals surface area contributed by atoms with E-state index in [1.807, 2.05) is 19.1 Å². The van der Waals surface area contributed by atoms with Gasteiger partial charge in [-0.3, -0.25) is 9.69 Å². The molecule has 1 aliphatic rings. The topological polar surface area (TPSA) is 41.6 Å². The third kappa shape index (κ3) is 3.90. The summed E-state index contributed by atoms with van der Waals surface area (Å²) in [7, 11) is 1.67. The standard InChI is InChI=1S/C18H22N2O2/c1-4-11-19-18(21)14(2)20-12-9-16(10-13-20)15-5-7-17(22-3)8-6-15/h1,5-9,14H,10-13H2,2-3H3,(H,19,21). The number of amides is 1. The molecule has 1 amide bonds. The van der Waals surface area contributed by atoms with E-state index in [2.05, 4.69) is 34.3 Å². The highest BCUT2D eigenvalue weighted by Gasteiger charge is 2.22. The summed E-state index contributed by atoms with van der Waals surface area (Å²) in [6.45, 7) is 3.83. The fourth-order valence-corrected chi connectivity index (χ4v) is 2.56. The van der Waals surface area contributed by atoms with Crippen LogP contribution in [0.5, 0.6) is 5.75 Å². The summed E-state index contributed by atoms with van der Waals surface area (Å²) in [5.74, 6) is 3.27. The van der Waals surface area contributed by atoms with Crippen LogP contribution >= 0.6 is 0 Å². The first-order chi connectivity index (χ1) is 10.7. The fraction of sp³-hybridized carbons (Fsp3) is 0.389. The van der Waals surface area contributed by atoms with E-state index in [4.69, 9.17) is 11.2 Å². The smallest absolute Gasteiger partial charge is 0.237 e. The molecule has 0 aromatic heterocycles. The Morgan fingerprint density at radius 3 is 2.73 bits per heavy atom. The summed E-state index contributed by atoms with van der Waals surface area (Å²) in [5, 5.41) is 2.73. The van der Waals surface area contributed by atoms with E-state index < -0.39 is 0 Å². The molecule has 0 bridgehead atoms. The van der Waals surface area contributed by atoms with Crippen LogP contribution < -0.4 is 10.1 Å². The van der Waals surface area contributed by atoms with E-state index in [-0.39, 0.29) is 18.5 Å². The van der Waals surface area contributed by atoms with Crippen LogP contribution in [0.1, 0.15) is 18.9 Å². The number of hydrogen-bond donors (Lipinski definition) is 1. The van der Waals surface area contributed by atoms with Gasteiger partial charge in [0.2, 0.25) is 5.91 Å². The largest absolute Gasteiger partial charge is 0.497 e. The van der Waals surface area contributed by atoms with E-state index in [1.165, 1.54) is 11.1 Å². The molecule has 1 unspecified atom stereocenters. The third-order valence-corrected chi connectivity index (χ3v) is 3.99. The molecule has 1 aromatic rings. The van der Waals surface area contributed by atoms with Crippen molar-refractivity contribution in [3.63, 3.8) is 0 Å². The highest BCUT2D eigenvalue weighted by atomic mass is 16.5. The molecule has 0 saturated carbocycles. The SMILES string of the molecule is C#CCNC(=O)C(C)N1CC=C(c2ccc(OC)cc2)CC1. The minimum Gasteiger partial charge on any atom is -0.497 e. The molecule has 22 heavy (non-hydrogen) atoms. The number of ether oxygens (including phenoxy) is 1. The number of nitrogens with one attached hydrogen (secondary N) is 1. The lowest BCUT2D eigenvalue weighted by Crippen LogP contribution is -2.46. The molecule has 2 rings (SSSR count). The van der Waals surface area contributed by atoms with Crippen LogP contribution in [0.15, 0.2) is 30.3 Å². The first-order valence-electron chi connectivity index (χ1n) is 7.44. The summed E-state index contributed by atoms with van der Waals surface area (Å²) in [5.41, 5.74) is 2.53. The molecular formula is C18H22N2O2. The van der Waals surface area contributed by atoms with Crippen LogP contribution in [-0.2, 0) is 4.79 Å². The Morgan fingerprint density at radius 1 is 1.45 bits per heavy atom. The Balaban J connectivity index is 1.96. The molecule has 116 valence electrons. The Kier molecular flexibility index (Phi) is 5.62.